The molecule has 1 aliphatic rings. The van der Waals surface area contributed by atoms with E-state index < -0.39 is 16.8 Å². The van der Waals surface area contributed by atoms with Crippen LogP contribution in [0.4, 0.5) is 5.69 Å². The lowest BCUT2D eigenvalue weighted by Crippen LogP contribution is -2.42. The highest BCUT2D eigenvalue weighted by atomic mass is 16.6. The third kappa shape index (κ3) is 5.44. The molecule has 2 N–H and O–H groups in total. The molecule has 0 amide bonds. The van der Waals surface area contributed by atoms with Crippen LogP contribution in [-0.4, -0.2) is 27.0 Å². The lowest BCUT2D eigenvalue weighted by atomic mass is 9.82. The summed E-state index contributed by atoms with van der Waals surface area (Å²) in [5.41, 5.74) is 1.93. The molecule has 2 aromatic carbocycles. The van der Waals surface area contributed by atoms with Crippen molar-refractivity contribution in [2.24, 2.45) is 0 Å². The first kappa shape index (κ1) is 23.7. The van der Waals surface area contributed by atoms with Crippen molar-refractivity contribution in [3.8, 4) is 0 Å². The van der Waals surface area contributed by atoms with Crippen LogP contribution in [0.5, 0.6) is 0 Å². The summed E-state index contributed by atoms with van der Waals surface area (Å²) in [5.74, 6) is 0.0801. The minimum Gasteiger partial charge on any atom is -0.512 e. The Hall–Kier alpha value is -2.96. The summed E-state index contributed by atoms with van der Waals surface area (Å²) < 4.78 is 6.18. The number of hydrogen-bond donors (Lipinski definition) is 2. The zero-order chi connectivity index (χ0) is 23.1. The van der Waals surface area contributed by atoms with E-state index in [1.807, 2.05) is 18.2 Å². The molecule has 0 radical (unpaired) electrons. The molecule has 0 aliphatic carbocycles. The lowest BCUT2D eigenvalue weighted by Gasteiger charge is -2.41. The number of ether oxygens (including phenoxy) is 1. The van der Waals surface area contributed by atoms with Gasteiger partial charge in [0.05, 0.1) is 16.1 Å². The number of non-ortho nitro benzene ring substituents is 1. The maximum absolute atomic E-state index is 11.2. The van der Waals surface area contributed by atoms with E-state index in [2.05, 4.69) is 19.1 Å². The molecule has 1 heterocycles. The molecule has 2 aromatic rings. The second kappa shape index (κ2) is 10.6. The van der Waals surface area contributed by atoms with Crippen molar-refractivity contribution in [3.05, 3.63) is 93.2 Å². The van der Waals surface area contributed by atoms with Crippen molar-refractivity contribution in [1.29, 1.82) is 0 Å². The number of aliphatic hydroxyl groups excluding tert-OH is 2. The highest BCUT2D eigenvalue weighted by Gasteiger charge is 2.41. The minimum atomic E-state index is -1.31. The lowest BCUT2D eigenvalue weighted by molar-refractivity contribution is -0.384. The zero-order valence-corrected chi connectivity index (χ0v) is 18.7. The van der Waals surface area contributed by atoms with Crippen molar-refractivity contribution in [2.45, 2.75) is 64.3 Å². The predicted molar refractivity (Wildman–Crippen MR) is 125 cm³/mol. The molecule has 0 saturated carbocycles. The molecule has 32 heavy (non-hydrogen) atoms. The Kier molecular flexibility index (Phi) is 7.83. The quantitative estimate of drug-likeness (QED) is 0.365. The van der Waals surface area contributed by atoms with E-state index in [1.165, 1.54) is 17.7 Å². The van der Waals surface area contributed by atoms with Crippen LogP contribution >= 0.6 is 0 Å². The Morgan fingerprint density at radius 1 is 1.22 bits per heavy atom. The number of nitro groups is 1. The average molecular weight is 438 g/mol. The maximum Gasteiger partial charge on any atom is 0.270 e. The first-order valence-corrected chi connectivity index (χ1v) is 11.1. The van der Waals surface area contributed by atoms with E-state index in [1.54, 1.807) is 25.1 Å². The summed E-state index contributed by atoms with van der Waals surface area (Å²) >= 11 is 0. The summed E-state index contributed by atoms with van der Waals surface area (Å²) in [5, 5.41) is 33.1. The van der Waals surface area contributed by atoms with Gasteiger partial charge in [-0.3, -0.25) is 10.1 Å². The highest BCUT2D eigenvalue weighted by molar-refractivity contribution is 5.81. The zero-order valence-electron chi connectivity index (χ0n) is 18.7. The molecule has 0 aromatic heterocycles. The van der Waals surface area contributed by atoms with Crippen LogP contribution in [0.1, 0.15) is 57.1 Å². The minimum absolute atomic E-state index is 0.0469. The largest absolute Gasteiger partial charge is 0.512 e. The molecule has 3 rings (SSSR count). The molecule has 0 fully saturated rings. The average Bonchev–Trinajstić information content (AvgIpc) is 2.77. The van der Waals surface area contributed by atoms with E-state index in [0.717, 1.165) is 25.7 Å². The van der Waals surface area contributed by atoms with Crippen molar-refractivity contribution >= 4 is 11.3 Å². The van der Waals surface area contributed by atoms with Crippen LogP contribution in [0.15, 0.2) is 72.0 Å². The Bertz CT molecular complexity index is 998. The van der Waals surface area contributed by atoms with Gasteiger partial charge < -0.3 is 14.9 Å². The third-order valence-corrected chi connectivity index (χ3v) is 6.00. The van der Waals surface area contributed by atoms with Gasteiger partial charge in [0.2, 0.25) is 0 Å². The standard InChI is InChI=1S/C26H31NO5/c1-3-15-26(16-9-12-19-10-6-5-7-11-19)18-23(28)24(25(29)32-26)22(4-2)20-13-8-14-21(17-20)27(30)31/h4-8,10-11,13-14,17,25,28-29H,3,9,12,15-16,18H2,1-2H3/b22-4-/t25?,26-/m1/s1. The summed E-state index contributed by atoms with van der Waals surface area (Å²) in [6.07, 6.45) is 4.80. The monoisotopic (exact) mass is 437 g/mol. The molecule has 6 heteroatoms. The number of rotatable bonds is 9. The van der Waals surface area contributed by atoms with E-state index >= 15 is 0 Å². The summed E-state index contributed by atoms with van der Waals surface area (Å²) in [6.45, 7) is 3.83. The fraction of sp³-hybridized carbons (Fsp3) is 0.385. The summed E-state index contributed by atoms with van der Waals surface area (Å²) in [6, 6.07) is 16.4. The van der Waals surface area contributed by atoms with Crippen LogP contribution in [0.3, 0.4) is 0 Å². The normalized spacial score (nSPS) is 21.6. The Morgan fingerprint density at radius 3 is 2.59 bits per heavy atom. The second-order valence-corrected chi connectivity index (χ2v) is 8.29. The van der Waals surface area contributed by atoms with E-state index in [0.29, 0.717) is 24.0 Å². The second-order valence-electron chi connectivity index (χ2n) is 8.29. The number of allylic oxidation sites excluding steroid dienone is 1. The van der Waals surface area contributed by atoms with Gasteiger partial charge in [0.15, 0.2) is 6.29 Å². The van der Waals surface area contributed by atoms with Gasteiger partial charge in [-0.2, -0.15) is 0 Å². The fourth-order valence-corrected chi connectivity index (χ4v) is 4.57. The van der Waals surface area contributed by atoms with Gasteiger partial charge in [0.1, 0.15) is 5.76 Å². The molecule has 2 atom stereocenters. The number of aryl methyl sites for hydroxylation is 1. The number of nitrogens with zero attached hydrogens (tertiary/aromatic N) is 1. The van der Waals surface area contributed by atoms with Gasteiger partial charge in [-0.15, -0.1) is 0 Å². The van der Waals surface area contributed by atoms with Crippen molar-refractivity contribution in [2.75, 3.05) is 0 Å². The smallest absolute Gasteiger partial charge is 0.270 e. The fourth-order valence-electron chi connectivity index (χ4n) is 4.57. The molecule has 6 nitrogen and oxygen atoms in total. The molecule has 170 valence electrons. The number of aliphatic hydroxyl groups is 2. The van der Waals surface area contributed by atoms with Gasteiger partial charge in [0, 0.05) is 18.6 Å². The van der Waals surface area contributed by atoms with Gasteiger partial charge >= 0.3 is 0 Å². The van der Waals surface area contributed by atoms with Crippen molar-refractivity contribution in [1.82, 2.24) is 0 Å². The van der Waals surface area contributed by atoms with E-state index in [4.69, 9.17) is 4.74 Å². The van der Waals surface area contributed by atoms with Gasteiger partial charge in [-0.05, 0) is 49.3 Å². The van der Waals surface area contributed by atoms with E-state index in [-0.39, 0.29) is 17.0 Å². The molecule has 1 unspecified atom stereocenters. The maximum atomic E-state index is 11.2. The van der Waals surface area contributed by atoms with Crippen LogP contribution in [0.2, 0.25) is 0 Å². The molecule has 0 saturated heterocycles. The molecule has 1 aliphatic heterocycles. The topological polar surface area (TPSA) is 92.8 Å². The third-order valence-electron chi connectivity index (χ3n) is 6.00. The van der Waals surface area contributed by atoms with Gasteiger partial charge in [0.25, 0.3) is 5.69 Å². The van der Waals surface area contributed by atoms with Crippen LogP contribution in [0, 0.1) is 10.1 Å². The van der Waals surface area contributed by atoms with Crippen LogP contribution < -0.4 is 0 Å². The Labute approximate surface area is 189 Å². The molecule has 0 bridgehead atoms. The SMILES string of the molecule is C/C=C(\C1=C(O)C[C@@](CCC)(CCCc2ccccc2)OC1O)c1cccc([N+](=O)[O-])c1. The molecular formula is C26H31NO5. The molecular weight excluding hydrogens is 406 g/mol. The van der Waals surface area contributed by atoms with Crippen molar-refractivity contribution in [3.63, 3.8) is 0 Å². The first-order valence-electron chi connectivity index (χ1n) is 11.1. The number of nitro benzene ring substituents is 1. The highest BCUT2D eigenvalue weighted by Crippen LogP contribution is 2.42. The Morgan fingerprint density at radius 2 is 1.97 bits per heavy atom. The Balaban J connectivity index is 1.84. The summed E-state index contributed by atoms with van der Waals surface area (Å²) in [7, 11) is 0. The van der Waals surface area contributed by atoms with Gasteiger partial charge in [-0.1, -0.05) is 61.9 Å². The summed E-state index contributed by atoms with van der Waals surface area (Å²) in [4.78, 5) is 10.7. The van der Waals surface area contributed by atoms with Crippen LogP contribution in [-0.2, 0) is 11.2 Å². The first-order chi connectivity index (χ1) is 15.4. The number of benzene rings is 2. The predicted octanol–water partition coefficient (Wildman–Crippen LogP) is 6.11. The molecule has 0 spiro atoms. The number of hydrogen-bond acceptors (Lipinski definition) is 5. The van der Waals surface area contributed by atoms with Crippen LogP contribution in [0.25, 0.3) is 5.57 Å². The van der Waals surface area contributed by atoms with Crippen molar-refractivity contribution < 1.29 is 19.9 Å². The van der Waals surface area contributed by atoms with E-state index in [9.17, 15) is 20.3 Å². The van der Waals surface area contributed by atoms with Gasteiger partial charge in [-0.25, -0.2) is 0 Å².